The molecule has 2 saturated carbocycles. The summed E-state index contributed by atoms with van der Waals surface area (Å²) in [5.41, 5.74) is 5.56. The number of hydrogen-bond donors (Lipinski definition) is 1. The van der Waals surface area contributed by atoms with Gasteiger partial charge in [-0.05, 0) is 25.2 Å². The molecule has 1 saturated heterocycles. The molecule has 0 bridgehead atoms. The topological polar surface area (TPSA) is 63.4 Å². The minimum Gasteiger partial charge on any atom is -0.328 e. The Morgan fingerprint density at radius 3 is 2.53 bits per heavy atom. The summed E-state index contributed by atoms with van der Waals surface area (Å²) < 4.78 is 0. The zero-order valence-corrected chi connectivity index (χ0v) is 10.3. The highest BCUT2D eigenvalue weighted by Gasteiger charge is 2.63. The number of carbonyl (C=O) groups is 2. The van der Waals surface area contributed by atoms with Crippen LogP contribution in [0.15, 0.2) is 0 Å². The smallest absolute Gasteiger partial charge is 0.233 e. The maximum atomic E-state index is 12.2. The summed E-state index contributed by atoms with van der Waals surface area (Å²) in [5, 5.41) is 0. The Balaban J connectivity index is 1.90. The first-order valence-electron chi connectivity index (χ1n) is 6.67. The van der Waals surface area contributed by atoms with Crippen molar-refractivity contribution >= 4 is 11.8 Å². The van der Waals surface area contributed by atoms with Crippen LogP contribution in [0.25, 0.3) is 0 Å². The van der Waals surface area contributed by atoms with Crippen molar-refractivity contribution in [2.24, 2.45) is 23.5 Å². The minimum absolute atomic E-state index is 0.00292. The molecule has 0 aromatic rings. The second kappa shape index (κ2) is 3.55. The van der Waals surface area contributed by atoms with E-state index in [9.17, 15) is 9.59 Å². The van der Waals surface area contributed by atoms with E-state index in [0.717, 1.165) is 25.7 Å². The van der Waals surface area contributed by atoms with Crippen LogP contribution in [0, 0.1) is 17.8 Å². The number of carbonyl (C=O) groups excluding carboxylic acids is 2. The zero-order chi connectivity index (χ0) is 12.2. The van der Waals surface area contributed by atoms with Gasteiger partial charge in [-0.1, -0.05) is 19.8 Å². The molecule has 0 radical (unpaired) electrons. The lowest BCUT2D eigenvalue weighted by Crippen LogP contribution is -2.59. The number of amides is 2. The van der Waals surface area contributed by atoms with Crippen molar-refractivity contribution in [2.45, 2.75) is 44.6 Å². The molecule has 4 unspecified atom stereocenters. The molecular weight excluding hydrogens is 216 g/mol. The van der Waals surface area contributed by atoms with Crippen LogP contribution in [0.4, 0.5) is 0 Å². The molecule has 2 amide bonds. The van der Waals surface area contributed by atoms with Crippen molar-refractivity contribution in [1.29, 1.82) is 0 Å². The van der Waals surface area contributed by atoms with Crippen molar-refractivity contribution in [2.75, 3.05) is 6.54 Å². The summed E-state index contributed by atoms with van der Waals surface area (Å²) in [6.07, 6.45) is 4.82. The van der Waals surface area contributed by atoms with Crippen LogP contribution in [-0.4, -0.2) is 28.8 Å². The Hall–Kier alpha value is -0.900. The molecule has 0 aromatic heterocycles. The normalized spacial score (nSPS) is 45.1. The predicted octanol–water partition coefficient (Wildman–Crippen LogP) is 0.899. The third-order valence-electron chi connectivity index (χ3n) is 4.79. The van der Waals surface area contributed by atoms with Gasteiger partial charge < -0.3 is 5.73 Å². The van der Waals surface area contributed by atoms with E-state index in [1.165, 1.54) is 6.42 Å². The fourth-order valence-corrected chi connectivity index (χ4v) is 3.76. The molecule has 4 atom stereocenters. The summed E-state index contributed by atoms with van der Waals surface area (Å²) >= 11 is 0. The predicted molar refractivity (Wildman–Crippen MR) is 62.9 cm³/mol. The molecule has 2 N–H and O–H groups in total. The summed E-state index contributed by atoms with van der Waals surface area (Å²) in [6, 6.07) is 0. The third kappa shape index (κ3) is 1.46. The van der Waals surface area contributed by atoms with Gasteiger partial charge in [0.15, 0.2) is 0 Å². The number of hydrogen-bond acceptors (Lipinski definition) is 3. The Morgan fingerprint density at radius 2 is 2.00 bits per heavy atom. The van der Waals surface area contributed by atoms with Gasteiger partial charge in [-0.3, -0.25) is 14.5 Å². The Kier molecular flexibility index (Phi) is 2.34. The highest BCUT2D eigenvalue weighted by atomic mass is 16.2. The van der Waals surface area contributed by atoms with E-state index in [-0.39, 0.29) is 29.2 Å². The molecular formula is C13H20N2O2. The van der Waals surface area contributed by atoms with Crippen molar-refractivity contribution in [1.82, 2.24) is 4.90 Å². The molecule has 3 rings (SSSR count). The second-order valence-electron chi connectivity index (χ2n) is 6.09. The van der Waals surface area contributed by atoms with E-state index < -0.39 is 0 Å². The first-order chi connectivity index (χ1) is 8.09. The van der Waals surface area contributed by atoms with Gasteiger partial charge in [0.05, 0.1) is 17.4 Å². The van der Waals surface area contributed by atoms with Gasteiger partial charge in [0, 0.05) is 6.54 Å². The molecule has 0 spiro atoms. The van der Waals surface area contributed by atoms with Gasteiger partial charge >= 0.3 is 0 Å². The van der Waals surface area contributed by atoms with Crippen molar-refractivity contribution < 1.29 is 9.59 Å². The Labute approximate surface area is 102 Å². The number of nitrogens with zero attached hydrogens (tertiary/aromatic N) is 1. The standard InChI is InChI=1S/C13H20N2O2/c1-8-3-2-4-13(6-8,7-14)15-11(16)9-5-10(9)12(15)17/h8-10H,2-7,14H2,1H3. The first kappa shape index (κ1) is 11.2. The molecule has 17 heavy (non-hydrogen) atoms. The van der Waals surface area contributed by atoms with Gasteiger partial charge in [0.2, 0.25) is 11.8 Å². The van der Waals surface area contributed by atoms with Crippen LogP contribution in [0.2, 0.25) is 0 Å². The lowest BCUT2D eigenvalue weighted by molar-refractivity contribution is -0.150. The number of fused-ring (bicyclic) bond motifs is 1. The van der Waals surface area contributed by atoms with E-state index in [4.69, 9.17) is 5.73 Å². The summed E-state index contributed by atoms with van der Waals surface area (Å²) in [4.78, 5) is 25.9. The summed E-state index contributed by atoms with van der Waals surface area (Å²) in [5.74, 6) is 0.676. The summed E-state index contributed by atoms with van der Waals surface area (Å²) in [7, 11) is 0. The number of nitrogens with two attached hydrogens (primary N) is 1. The van der Waals surface area contributed by atoms with E-state index >= 15 is 0 Å². The fourth-order valence-electron chi connectivity index (χ4n) is 3.76. The first-order valence-corrected chi connectivity index (χ1v) is 6.67. The van der Waals surface area contributed by atoms with Crippen LogP contribution in [-0.2, 0) is 9.59 Å². The average molecular weight is 236 g/mol. The van der Waals surface area contributed by atoms with E-state index in [1.807, 2.05) is 0 Å². The molecule has 3 fully saturated rings. The molecule has 3 aliphatic rings. The monoisotopic (exact) mass is 236 g/mol. The third-order valence-corrected chi connectivity index (χ3v) is 4.79. The molecule has 1 heterocycles. The van der Waals surface area contributed by atoms with Crippen molar-refractivity contribution in [3.8, 4) is 0 Å². The summed E-state index contributed by atoms with van der Waals surface area (Å²) in [6.45, 7) is 2.61. The molecule has 1 aliphatic heterocycles. The lowest BCUT2D eigenvalue weighted by Gasteiger charge is -2.45. The Bertz CT molecular complexity index is 362. The Morgan fingerprint density at radius 1 is 1.35 bits per heavy atom. The van der Waals surface area contributed by atoms with Crippen LogP contribution < -0.4 is 5.73 Å². The van der Waals surface area contributed by atoms with Gasteiger partial charge in [-0.15, -0.1) is 0 Å². The molecule has 2 aliphatic carbocycles. The van der Waals surface area contributed by atoms with E-state index in [2.05, 4.69) is 6.92 Å². The molecule has 0 aromatic carbocycles. The van der Waals surface area contributed by atoms with Crippen LogP contribution >= 0.6 is 0 Å². The maximum Gasteiger partial charge on any atom is 0.233 e. The van der Waals surface area contributed by atoms with E-state index in [1.54, 1.807) is 4.90 Å². The maximum absolute atomic E-state index is 12.2. The van der Waals surface area contributed by atoms with Crippen LogP contribution in [0.5, 0.6) is 0 Å². The number of rotatable bonds is 2. The highest BCUT2D eigenvalue weighted by molar-refractivity contribution is 6.09. The number of imide groups is 1. The van der Waals surface area contributed by atoms with Gasteiger partial charge in [0.25, 0.3) is 0 Å². The molecule has 4 heteroatoms. The highest BCUT2D eigenvalue weighted by Crippen LogP contribution is 2.51. The lowest BCUT2D eigenvalue weighted by atomic mass is 9.75. The SMILES string of the molecule is CC1CCCC(CN)(N2C(=O)C3CC3C2=O)C1. The quantitative estimate of drug-likeness (QED) is 0.724. The number of piperidine rings is 1. The van der Waals surface area contributed by atoms with Crippen LogP contribution in [0.3, 0.4) is 0 Å². The second-order valence-corrected chi connectivity index (χ2v) is 6.09. The van der Waals surface area contributed by atoms with Gasteiger partial charge in [0.1, 0.15) is 0 Å². The fraction of sp³-hybridized carbons (Fsp3) is 0.846. The number of likely N-dealkylation sites (tertiary alicyclic amines) is 1. The van der Waals surface area contributed by atoms with E-state index in [0.29, 0.717) is 12.5 Å². The molecule has 94 valence electrons. The molecule has 4 nitrogen and oxygen atoms in total. The minimum atomic E-state index is -0.362. The average Bonchev–Trinajstić information content (AvgIpc) is 3.04. The van der Waals surface area contributed by atoms with Crippen molar-refractivity contribution in [3.05, 3.63) is 0 Å². The van der Waals surface area contributed by atoms with Crippen molar-refractivity contribution in [3.63, 3.8) is 0 Å². The van der Waals surface area contributed by atoms with Crippen LogP contribution in [0.1, 0.15) is 39.0 Å². The van der Waals surface area contributed by atoms with Gasteiger partial charge in [-0.2, -0.15) is 0 Å². The largest absolute Gasteiger partial charge is 0.328 e. The zero-order valence-electron chi connectivity index (χ0n) is 10.3. The van der Waals surface area contributed by atoms with Gasteiger partial charge in [-0.25, -0.2) is 0 Å².